The lowest BCUT2D eigenvalue weighted by Crippen LogP contribution is -3.17. The molecule has 1 atom stereocenters. The zero-order chi connectivity index (χ0) is 37.4. The molecule has 0 saturated carbocycles. The monoisotopic (exact) mass is 734 g/mol. The average molecular weight is 734 g/mol. The third-order valence-corrected chi connectivity index (χ3v) is 9.66. The van der Waals surface area contributed by atoms with Gasteiger partial charge in [0.25, 0.3) is 0 Å². The van der Waals surface area contributed by atoms with Crippen molar-refractivity contribution < 1.29 is 44.2 Å². The normalized spacial score (nSPS) is 12.1. The Morgan fingerprint density at radius 1 is 0.500 bits per heavy atom. The van der Waals surface area contributed by atoms with E-state index in [1.54, 1.807) is 5.32 Å². The van der Waals surface area contributed by atoms with Crippen molar-refractivity contribution in [3.05, 3.63) is 0 Å². The van der Waals surface area contributed by atoms with Crippen LogP contribution in [-0.2, 0) is 14.2 Å². The van der Waals surface area contributed by atoms with Crippen molar-refractivity contribution in [2.24, 2.45) is 0 Å². The summed E-state index contributed by atoms with van der Waals surface area (Å²) in [6.07, 6.45) is 41.1. The lowest BCUT2D eigenvalue weighted by atomic mass is 10.0. The van der Waals surface area contributed by atoms with Crippen LogP contribution in [0.25, 0.3) is 0 Å². The fraction of sp³-hybridized carbons (Fsp3) is 0.950. The number of amides is 2. The first-order chi connectivity index (χ1) is 24.2. The summed E-state index contributed by atoms with van der Waals surface area (Å²) in [5.41, 5.74) is 0. The molecular formula is C40H82N2O7P-. The van der Waals surface area contributed by atoms with Crippen LogP contribution in [-0.4, -0.2) is 43.2 Å². The van der Waals surface area contributed by atoms with E-state index in [1.807, 2.05) is 0 Å². The van der Waals surface area contributed by atoms with E-state index in [0.717, 1.165) is 30.6 Å². The van der Waals surface area contributed by atoms with Gasteiger partial charge in [0, 0.05) is 0 Å². The van der Waals surface area contributed by atoms with Crippen LogP contribution in [0, 0.1) is 0 Å². The molecule has 0 aromatic carbocycles. The van der Waals surface area contributed by atoms with E-state index < -0.39 is 7.82 Å². The topological polar surface area (TPSA) is 162 Å². The lowest BCUT2D eigenvalue weighted by Gasteiger charge is -2.36. The summed E-state index contributed by atoms with van der Waals surface area (Å²) in [6, 6.07) is 0. The molecule has 1 unspecified atom stereocenters. The number of nitrogens with two attached hydrogens (primary N) is 1. The standard InChI is InChI=1S/C40H80N2O3.H3O4P/c1-3-5-7-9-11-13-15-17-19-21-23-25-27-29-31-33-39(44)41-35-36-42(37-38-43)40(45)34-32-30-28-26-24-22-20-18-16-14-12-10-8-6-4-2;1-5(2,3)4/h43H,3-38H2,1-2H3,(H,41,44);(H3,1,2,3,4)/p-1. The zero-order valence-electron chi connectivity index (χ0n) is 32.9. The molecule has 0 aromatic heterocycles. The number of primary amides is 1. The highest BCUT2D eigenvalue weighted by atomic mass is 31.2. The number of hydrogen-bond acceptors (Lipinski definition) is 7. The Balaban J connectivity index is 0. The van der Waals surface area contributed by atoms with Gasteiger partial charge in [-0.2, -0.15) is 7.82 Å². The van der Waals surface area contributed by atoms with Gasteiger partial charge in [0.1, 0.15) is 19.6 Å². The van der Waals surface area contributed by atoms with Crippen molar-refractivity contribution in [3.8, 4) is 0 Å². The average Bonchev–Trinajstić information content (AvgIpc) is 3.07. The van der Waals surface area contributed by atoms with Gasteiger partial charge >= 0.3 is 11.8 Å². The van der Waals surface area contributed by atoms with Gasteiger partial charge in [-0.3, -0.25) is 10.2 Å². The zero-order valence-corrected chi connectivity index (χ0v) is 33.8. The number of phosphoric acid groups is 1. The molecule has 0 aliphatic carbocycles. The Labute approximate surface area is 308 Å². The van der Waals surface area contributed by atoms with Crippen molar-refractivity contribution in [2.45, 2.75) is 219 Å². The van der Waals surface area contributed by atoms with Crippen LogP contribution in [0.2, 0.25) is 0 Å². The molecule has 10 heteroatoms. The Bertz CT molecular complexity index is 758. The van der Waals surface area contributed by atoms with Crippen molar-refractivity contribution >= 4 is 19.6 Å². The number of unbranched alkanes of at least 4 members (excludes halogenated alkanes) is 28. The number of carbonyl (C=O) groups is 2. The van der Waals surface area contributed by atoms with Gasteiger partial charge in [-0.25, -0.2) is 9.59 Å². The minimum atomic E-state index is -5.39. The fourth-order valence-electron chi connectivity index (χ4n) is 6.55. The van der Waals surface area contributed by atoms with Crippen LogP contribution in [0.3, 0.4) is 0 Å². The number of nitrogens with one attached hydrogen (secondary N) is 1. The second-order valence-corrected chi connectivity index (χ2v) is 15.5. The highest BCUT2D eigenvalue weighted by Crippen LogP contribution is 2.15. The summed E-state index contributed by atoms with van der Waals surface area (Å²) in [6.45, 7) is 6.30. The molecule has 4 N–H and O–H groups in total. The number of aliphatic hydroxyl groups is 1. The van der Waals surface area contributed by atoms with Crippen molar-refractivity contribution in [1.82, 2.24) is 0 Å². The summed E-state index contributed by atoms with van der Waals surface area (Å²) >= 11 is 0. The molecule has 0 aliphatic rings. The highest BCUT2D eigenvalue weighted by Gasteiger charge is 2.19. The summed E-state index contributed by atoms with van der Waals surface area (Å²) < 4.78 is 8.55. The Kier molecular flexibility index (Phi) is 42.3. The third kappa shape index (κ3) is 47.3. The molecule has 0 saturated heterocycles. The maximum atomic E-state index is 12.7. The Morgan fingerprint density at radius 3 is 1.08 bits per heavy atom. The van der Waals surface area contributed by atoms with Gasteiger partial charge in [-0.15, -0.1) is 0 Å². The minimum Gasteiger partial charge on any atom is -0.822 e. The second kappa shape index (κ2) is 41.1. The molecule has 0 heterocycles. The van der Waals surface area contributed by atoms with Crippen LogP contribution in [0.5, 0.6) is 0 Å². The van der Waals surface area contributed by atoms with Gasteiger partial charge in [0.05, 0.1) is 19.4 Å². The molecule has 300 valence electrons. The number of hydrogen-bond donors (Lipinski definition) is 3. The van der Waals surface area contributed by atoms with Crippen LogP contribution >= 0.6 is 7.82 Å². The van der Waals surface area contributed by atoms with Gasteiger partial charge < -0.3 is 24.4 Å². The molecule has 9 nitrogen and oxygen atoms in total. The van der Waals surface area contributed by atoms with Gasteiger partial charge in [0.15, 0.2) is 0 Å². The van der Waals surface area contributed by atoms with E-state index in [1.165, 1.54) is 167 Å². The number of carbonyl (C=O) groups excluding carboxylic acids is 2. The molecule has 0 bridgehead atoms. The molecule has 50 heavy (non-hydrogen) atoms. The van der Waals surface area contributed by atoms with E-state index in [4.69, 9.17) is 19.2 Å². The van der Waals surface area contributed by atoms with Crippen molar-refractivity contribution in [2.75, 3.05) is 26.2 Å². The molecule has 0 aliphatic heterocycles. The second-order valence-electron chi connectivity index (χ2n) is 14.6. The van der Waals surface area contributed by atoms with Gasteiger partial charge in [-0.05, 0) is 12.8 Å². The molecule has 0 aromatic rings. The summed E-state index contributed by atoms with van der Waals surface area (Å²) in [7, 11) is -5.39. The summed E-state index contributed by atoms with van der Waals surface area (Å²) in [5, 5.41) is 11.2. The predicted octanol–water partition coefficient (Wildman–Crippen LogP) is 6.18. The van der Waals surface area contributed by atoms with E-state index in [9.17, 15) is 14.7 Å². The fourth-order valence-corrected chi connectivity index (χ4v) is 6.55. The van der Waals surface area contributed by atoms with Crippen LogP contribution in [0.4, 0.5) is 0 Å². The minimum absolute atomic E-state index is 0.0208. The Hall–Kier alpha value is -0.670. The molecule has 0 radical (unpaired) electrons. The van der Waals surface area contributed by atoms with E-state index >= 15 is 0 Å². The number of rotatable bonds is 37. The highest BCUT2D eigenvalue weighted by molar-refractivity contribution is 7.40. The quantitative estimate of drug-likeness (QED) is 0.0508. The molecular weight excluding hydrogens is 651 g/mol. The number of quaternary nitrogens is 2. The van der Waals surface area contributed by atoms with E-state index in [0.29, 0.717) is 32.5 Å². The lowest BCUT2D eigenvalue weighted by molar-refractivity contribution is -0.834. The third-order valence-electron chi connectivity index (χ3n) is 9.66. The molecule has 0 spiro atoms. The first-order valence-electron chi connectivity index (χ1n) is 21.2. The molecule has 0 fully saturated rings. The van der Waals surface area contributed by atoms with Crippen LogP contribution in [0.1, 0.15) is 219 Å². The maximum Gasteiger partial charge on any atom is 0.312 e. The van der Waals surface area contributed by atoms with Gasteiger partial charge in [-0.1, -0.05) is 194 Å². The molecule has 2 amide bonds. The summed E-state index contributed by atoms with van der Waals surface area (Å²) in [5.74, 6) is 0.435. The van der Waals surface area contributed by atoms with Crippen molar-refractivity contribution in [1.29, 1.82) is 0 Å². The van der Waals surface area contributed by atoms with E-state index in [-0.39, 0.29) is 18.4 Å². The SMILES string of the molecule is CCCCCCCCCCCCCCCCCC(=O)[NH2+]CC[NH+](CCO)C(=O)CCCCCCCCCCCCCCCCC.O=P([O-])([O-])[O-]. The smallest absolute Gasteiger partial charge is 0.312 e. The maximum absolute atomic E-state index is 12.7. The van der Waals surface area contributed by atoms with E-state index in [2.05, 4.69) is 13.8 Å². The predicted molar refractivity (Wildman–Crippen MR) is 201 cm³/mol. The van der Waals surface area contributed by atoms with Gasteiger partial charge in [0.2, 0.25) is 0 Å². The largest absolute Gasteiger partial charge is 0.822 e. The van der Waals surface area contributed by atoms with Crippen LogP contribution in [0.15, 0.2) is 0 Å². The number of aliphatic hydroxyl groups excluding tert-OH is 1. The summed E-state index contributed by atoms with van der Waals surface area (Å²) in [4.78, 5) is 51.5. The Morgan fingerprint density at radius 2 is 0.780 bits per heavy atom. The first-order valence-corrected chi connectivity index (χ1v) is 22.7. The first kappa shape index (κ1) is 51.4. The van der Waals surface area contributed by atoms with Crippen LogP contribution < -0.4 is 24.9 Å². The van der Waals surface area contributed by atoms with Crippen molar-refractivity contribution in [3.63, 3.8) is 0 Å². The molecule has 0 rings (SSSR count).